The quantitative estimate of drug-likeness (QED) is 0.483. The lowest BCUT2D eigenvalue weighted by Gasteiger charge is -2.14. The summed E-state index contributed by atoms with van der Waals surface area (Å²) in [6.07, 6.45) is 5.03. The van der Waals surface area contributed by atoms with Crippen LogP contribution in [0.1, 0.15) is 31.7 Å². The van der Waals surface area contributed by atoms with E-state index in [1.54, 1.807) is 12.1 Å². The van der Waals surface area contributed by atoms with Crippen LogP contribution < -0.4 is 0 Å². The highest BCUT2D eigenvalue weighted by atomic mass is 35.5. The van der Waals surface area contributed by atoms with Gasteiger partial charge in [-0.15, -0.1) is 0 Å². The monoisotopic (exact) mass is 262 g/mol. The topological polar surface area (TPSA) is 0 Å². The van der Waals surface area contributed by atoms with Crippen LogP contribution in [0.5, 0.6) is 0 Å². The van der Waals surface area contributed by atoms with Gasteiger partial charge in [-0.2, -0.15) is 0 Å². The fraction of sp³-hybridized carbons (Fsp3) is 0.333. The molecule has 0 N–H and O–H groups in total. The third kappa shape index (κ3) is 3.14. The van der Waals surface area contributed by atoms with E-state index < -0.39 is 0 Å². The van der Waals surface area contributed by atoms with Gasteiger partial charge >= 0.3 is 0 Å². The smallest absolute Gasteiger partial charge is 0.0641 e. The fourth-order valence-electron chi connectivity index (χ4n) is 1.45. The van der Waals surface area contributed by atoms with Crippen molar-refractivity contribution in [3.05, 3.63) is 44.9 Å². The molecule has 15 heavy (non-hydrogen) atoms. The van der Waals surface area contributed by atoms with Gasteiger partial charge in [-0.05, 0) is 37.0 Å². The number of halogens is 3. The number of rotatable bonds is 3. The first-order valence-electron chi connectivity index (χ1n) is 4.82. The van der Waals surface area contributed by atoms with Gasteiger partial charge in [-0.25, -0.2) is 0 Å². The molecule has 0 fully saturated rings. The minimum atomic E-state index is 0.278. The second-order valence-corrected chi connectivity index (χ2v) is 4.66. The lowest BCUT2D eigenvalue weighted by atomic mass is 9.97. The number of hydrogen-bond donors (Lipinski definition) is 0. The van der Waals surface area contributed by atoms with Crippen LogP contribution in [0.2, 0.25) is 15.1 Å². The first-order valence-corrected chi connectivity index (χ1v) is 5.95. The van der Waals surface area contributed by atoms with Crippen LogP contribution in [0.3, 0.4) is 0 Å². The van der Waals surface area contributed by atoms with E-state index in [4.69, 9.17) is 34.8 Å². The van der Waals surface area contributed by atoms with Gasteiger partial charge in [0.05, 0.1) is 10.0 Å². The molecule has 0 aliphatic rings. The van der Waals surface area contributed by atoms with Gasteiger partial charge in [-0.3, -0.25) is 0 Å². The molecule has 1 rings (SSSR count). The summed E-state index contributed by atoms with van der Waals surface area (Å²) < 4.78 is 0. The van der Waals surface area contributed by atoms with Crippen molar-refractivity contribution >= 4 is 34.8 Å². The van der Waals surface area contributed by atoms with E-state index in [0.29, 0.717) is 15.1 Å². The Morgan fingerprint density at radius 1 is 1.20 bits per heavy atom. The molecule has 0 aliphatic heterocycles. The summed E-state index contributed by atoms with van der Waals surface area (Å²) in [6.45, 7) is 4.08. The summed E-state index contributed by atoms with van der Waals surface area (Å²) in [5.41, 5.74) is 0.934. The van der Waals surface area contributed by atoms with Crippen LogP contribution >= 0.6 is 34.8 Å². The lowest BCUT2D eigenvalue weighted by Crippen LogP contribution is -1.95. The molecule has 0 aliphatic carbocycles. The Kier molecular flexibility index (Phi) is 4.98. The molecule has 0 nitrogen and oxygen atoms in total. The number of benzene rings is 1. The van der Waals surface area contributed by atoms with Crippen molar-refractivity contribution in [2.45, 2.75) is 26.2 Å². The minimum absolute atomic E-state index is 0.278. The second-order valence-electron chi connectivity index (χ2n) is 3.46. The van der Waals surface area contributed by atoms with Crippen molar-refractivity contribution in [1.29, 1.82) is 0 Å². The zero-order chi connectivity index (χ0) is 11.4. The lowest BCUT2D eigenvalue weighted by molar-refractivity contribution is 0.780. The first-order chi connectivity index (χ1) is 7.07. The molecule has 0 aromatic heterocycles. The largest absolute Gasteiger partial charge is 0.0916 e. The molecule has 0 radical (unpaired) electrons. The van der Waals surface area contributed by atoms with Crippen LogP contribution in [-0.4, -0.2) is 0 Å². The zero-order valence-corrected chi connectivity index (χ0v) is 11.0. The number of allylic oxidation sites excluding steroid dienone is 2. The molecule has 0 heterocycles. The third-order valence-corrected chi connectivity index (χ3v) is 3.45. The standard InChI is InChI=1S/C12H13Cl3/c1-3-4-5-8(2)11-9(13)6-7-10(14)12(11)15/h3-4,6-8H,5H2,1-2H3/b4-3-. The predicted octanol–water partition coefficient (Wildman–Crippen LogP) is 5.72. The summed E-state index contributed by atoms with van der Waals surface area (Å²) in [5.74, 6) is 0.278. The average molecular weight is 264 g/mol. The Balaban J connectivity index is 3.06. The van der Waals surface area contributed by atoms with E-state index in [-0.39, 0.29) is 5.92 Å². The Morgan fingerprint density at radius 2 is 1.80 bits per heavy atom. The van der Waals surface area contributed by atoms with Gasteiger partial charge in [0.25, 0.3) is 0 Å². The van der Waals surface area contributed by atoms with Crippen molar-refractivity contribution in [2.75, 3.05) is 0 Å². The maximum atomic E-state index is 6.13. The molecule has 0 spiro atoms. The maximum absolute atomic E-state index is 6.13. The van der Waals surface area contributed by atoms with Gasteiger partial charge < -0.3 is 0 Å². The van der Waals surface area contributed by atoms with Crippen molar-refractivity contribution in [3.63, 3.8) is 0 Å². The molecule has 1 aromatic rings. The second kappa shape index (κ2) is 5.79. The van der Waals surface area contributed by atoms with Crippen LogP contribution in [0, 0.1) is 0 Å². The minimum Gasteiger partial charge on any atom is -0.0916 e. The van der Waals surface area contributed by atoms with E-state index in [0.717, 1.165) is 12.0 Å². The van der Waals surface area contributed by atoms with Crippen molar-refractivity contribution < 1.29 is 0 Å². The van der Waals surface area contributed by atoms with Gasteiger partial charge in [0.1, 0.15) is 0 Å². The molecule has 82 valence electrons. The molecule has 0 bridgehead atoms. The van der Waals surface area contributed by atoms with E-state index in [1.807, 2.05) is 13.0 Å². The van der Waals surface area contributed by atoms with Crippen molar-refractivity contribution in [2.24, 2.45) is 0 Å². The summed E-state index contributed by atoms with van der Waals surface area (Å²) >= 11 is 18.2. The van der Waals surface area contributed by atoms with E-state index >= 15 is 0 Å². The van der Waals surface area contributed by atoms with Crippen LogP contribution in [0.25, 0.3) is 0 Å². The molecule has 1 atom stereocenters. The molecule has 3 heteroatoms. The van der Waals surface area contributed by atoms with Gasteiger partial charge in [0, 0.05) is 5.02 Å². The average Bonchev–Trinajstić information content (AvgIpc) is 2.21. The SMILES string of the molecule is C/C=C\CC(C)c1c(Cl)ccc(Cl)c1Cl. The van der Waals surface area contributed by atoms with E-state index in [9.17, 15) is 0 Å². The normalized spacial score (nSPS) is 13.4. The summed E-state index contributed by atoms with van der Waals surface area (Å²) in [7, 11) is 0. The Bertz CT molecular complexity index is 369. The highest BCUT2D eigenvalue weighted by Crippen LogP contribution is 2.37. The highest BCUT2D eigenvalue weighted by molar-refractivity contribution is 6.44. The predicted molar refractivity (Wildman–Crippen MR) is 69.3 cm³/mol. The molecule has 1 unspecified atom stereocenters. The molecular formula is C12H13Cl3. The summed E-state index contributed by atoms with van der Waals surface area (Å²) in [6, 6.07) is 3.51. The molecule has 0 amide bonds. The van der Waals surface area contributed by atoms with E-state index in [2.05, 4.69) is 13.0 Å². The molecule has 0 saturated heterocycles. The van der Waals surface area contributed by atoms with Crippen LogP contribution in [-0.2, 0) is 0 Å². The maximum Gasteiger partial charge on any atom is 0.0641 e. The van der Waals surface area contributed by atoms with Gasteiger partial charge in [-0.1, -0.05) is 53.9 Å². The highest BCUT2D eigenvalue weighted by Gasteiger charge is 2.14. The Labute approximate surface area is 106 Å². The van der Waals surface area contributed by atoms with Crippen LogP contribution in [0.15, 0.2) is 24.3 Å². The molecular weight excluding hydrogens is 250 g/mol. The zero-order valence-electron chi connectivity index (χ0n) is 8.73. The van der Waals surface area contributed by atoms with Crippen LogP contribution in [0.4, 0.5) is 0 Å². The first kappa shape index (κ1) is 12.9. The Morgan fingerprint density at radius 3 is 2.40 bits per heavy atom. The summed E-state index contributed by atoms with van der Waals surface area (Å²) in [5, 5.41) is 1.81. The van der Waals surface area contributed by atoms with Crippen molar-refractivity contribution in [3.8, 4) is 0 Å². The van der Waals surface area contributed by atoms with Crippen molar-refractivity contribution in [1.82, 2.24) is 0 Å². The third-order valence-electron chi connectivity index (χ3n) is 2.30. The van der Waals surface area contributed by atoms with Gasteiger partial charge in [0.2, 0.25) is 0 Å². The summed E-state index contributed by atoms with van der Waals surface area (Å²) in [4.78, 5) is 0. The Hall–Kier alpha value is -0.170. The number of hydrogen-bond acceptors (Lipinski definition) is 0. The molecule has 1 aromatic carbocycles. The van der Waals surface area contributed by atoms with E-state index in [1.165, 1.54) is 0 Å². The fourth-order valence-corrected chi connectivity index (χ4v) is 2.36. The van der Waals surface area contributed by atoms with Gasteiger partial charge in [0.15, 0.2) is 0 Å². The molecule has 0 saturated carbocycles.